The highest BCUT2D eigenvalue weighted by atomic mass is 16.5. The van der Waals surface area contributed by atoms with Crippen molar-refractivity contribution in [2.45, 2.75) is 32.1 Å². The largest absolute Gasteiger partial charge is 0.436 e. The van der Waals surface area contributed by atoms with Crippen LogP contribution in [0.4, 0.5) is 5.82 Å². The molecule has 0 spiro atoms. The van der Waals surface area contributed by atoms with Crippen LogP contribution in [0.1, 0.15) is 36.4 Å². The summed E-state index contributed by atoms with van der Waals surface area (Å²) in [5, 5.41) is 4.74. The number of carbonyl (C=O) groups excluding carboxylic acids is 1. The summed E-state index contributed by atoms with van der Waals surface area (Å²) in [5.41, 5.74) is 4.44. The molecular formula is C24H22N4O3. The van der Waals surface area contributed by atoms with Gasteiger partial charge in [-0.15, -0.1) is 0 Å². The molecule has 0 unspecified atom stereocenters. The lowest BCUT2D eigenvalue weighted by Crippen LogP contribution is -2.14. The topological polar surface area (TPSA) is 90.1 Å². The van der Waals surface area contributed by atoms with Gasteiger partial charge in [-0.1, -0.05) is 6.07 Å². The number of carbonyl (C=O) groups is 1. The average Bonchev–Trinajstić information content (AvgIpc) is 3.32. The highest BCUT2D eigenvalue weighted by molar-refractivity contribution is 6.00. The Hall–Kier alpha value is -3.32. The van der Waals surface area contributed by atoms with Crippen molar-refractivity contribution < 1.29 is 13.9 Å². The lowest BCUT2D eigenvalue weighted by Gasteiger charge is -2.08. The van der Waals surface area contributed by atoms with Crippen LogP contribution in [-0.2, 0) is 9.53 Å². The van der Waals surface area contributed by atoms with Gasteiger partial charge in [0, 0.05) is 47.3 Å². The predicted molar refractivity (Wildman–Crippen MR) is 117 cm³/mol. The number of nitrogens with zero attached hydrogens (tertiary/aromatic N) is 3. The molecule has 1 N–H and O–H groups in total. The highest BCUT2D eigenvalue weighted by Gasteiger charge is 2.30. The van der Waals surface area contributed by atoms with Crippen molar-refractivity contribution in [1.29, 1.82) is 0 Å². The zero-order chi connectivity index (χ0) is 20.9. The molecule has 4 aromatic rings. The molecule has 3 aromatic heterocycles. The Labute approximate surface area is 178 Å². The van der Waals surface area contributed by atoms with E-state index in [4.69, 9.17) is 14.1 Å². The first-order valence-corrected chi connectivity index (χ1v) is 10.7. The number of rotatable bonds is 4. The molecule has 2 aliphatic rings. The molecular weight excluding hydrogens is 392 g/mol. The third-order valence-corrected chi connectivity index (χ3v) is 6.21. The number of anilines is 1. The zero-order valence-electron chi connectivity index (χ0n) is 17.2. The van der Waals surface area contributed by atoms with Gasteiger partial charge in [-0.05, 0) is 49.9 Å². The van der Waals surface area contributed by atoms with Gasteiger partial charge in [0.15, 0.2) is 5.58 Å². The van der Waals surface area contributed by atoms with Crippen LogP contribution < -0.4 is 5.32 Å². The van der Waals surface area contributed by atoms with Crippen LogP contribution in [0.3, 0.4) is 0 Å². The number of benzene rings is 1. The summed E-state index contributed by atoms with van der Waals surface area (Å²) < 4.78 is 11.6. The van der Waals surface area contributed by atoms with Crippen molar-refractivity contribution in [1.82, 2.24) is 15.0 Å². The minimum atomic E-state index is 0.0319. The number of aromatic nitrogens is 3. The molecule has 1 saturated heterocycles. The molecule has 7 heteroatoms. The fourth-order valence-electron chi connectivity index (χ4n) is 4.19. The molecule has 0 radical (unpaired) electrons. The number of hydrogen-bond donors (Lipinski definition) is 1. The van der Waals surface area contributed by atoms with Crippen molar-refractivity contribution >= 4 is 33.6 Å². The molecule has 1 aliphatic carbocycles. The summed E-state index contributed by atoms with van der Waals surface area (Å²) in [4.78, 5) is 25.9. The van der Waals surface area contributed by atoms with E-state index >= 15 is 0 Å². The van der Waals surface area contributed by atoms with E-state index in [1.807, 2.05) is 19.1 Å². The van der Waals surface area contributed by atoms with Crippen LogP contribution in [0.25, 0.3) is 33.3 Å². The molecule has 1 atom stereocenters. The SMILES string of the molecule is Cc1ncc(-c2nc3cc([C@@H]4CCOC4)ccc3o2)c2cc(NC(=O)C3CC3)ncc12. The Bertz CT molecular complexity index is 1320. The number of amides is 1. The fraction of sp³-hybridized carbons (Fsp3) is 0.333. The normalized spacial score (nSPS) is 18.7. The maximum absolute atomic E-state index is 12.2. The summed E-state index contributed by atoms with van der Waals surface area (Å²) >= 11 is 0. The number of nitrogens with one attached hydrogen (secondary N) is 1. The first-order valence-electron chi connectivity index (χ1n) is 10.7. The van der Waals surface area contributed by atoms with E-state index in [-0.39, 0.29) is 11.8 Å². The standard InChI is InChI=1S/C24H22N4O3/c1-13-18-10-26-22(28-23(29)14-2-3-14)9-17(18)19(11-25-13)24-27-20-8-15(4-5-21(20)31-24)16-6-7-30-12-16/h4-5,8-11,14,16H,2-3,6-7,12H2,1H3,(H,26,28,29)/t16-/m1/s1. The minimum absolute atomic E-state index is 0.0319. The van der Waals surface area contributed by atoms with Crippen molar-refractivity contribution in [3.8, 4) is 11.5 Å². The maximum Gasteiger partial charge on any atom is 0.229 e. The van der Waals surface area contributed by atoms with Crippen LogP contribution >= 0.6 is 0 Å². The molecule has 1 aliphatic heterocycles. The monoisotopic (exact) mass is 414 g/mol. The quantitative estimate of drug-likeness (QED) is 0.525. The van der Waals surface area contributed by atoms with Gasteiger partial charge in [0.2, 0.25) is 11.8 Å². The Kier molecular flexibility index (Phi) is 4.24. The smallest absolute Gasteiger partial charge is 0.229 e. The van der Waals surface area contributed by atoms with Crippen molar-refractivity contribution in [3.63, 3.8) is 0 Å². The van der Waals surface area contributed by atoms with E-state index in [9.17, 15) is 4.79 Å². The summed E-state index contributed by atoms with van der Waals surface area (Å²) in [5.74, 6) is 1.61. The van der Waals surface area contributed by atoms with E-state index in [0.29, 0.717) is 17.6 Å². The number of pyridine rings is 2. The molecule has 1 amide bonds. The minimum Gasteiger partial charge on any atom is -0.436 e. The summed E-state index contributed by atoms with van der Waals surface area (Å²) in [6.45, 7) is 3.50. The molecule has 6 rings (SSSR count). The molecule has 156 valence electrons. The fourth-order valence-corrected chi connectivity index (χ4v) is 4.19. The van der Waals surface area contributed by atoms with Gasteiger partial charge in [0.1, 0.15) is 11.3 Å². The first kappa shape index (κ1) is 18.4. The Morgan fingerprint density at radius 1 is 1.10 bits per heavy atom. The molecule has 2 fully saturated rings. The second-order valence-electron chi connectivity index (χ2n) is 8.44. The Balaban J connectivity index is 1.42. The second kappa shape index (κ2) is 7.13. The number of aryl methyl sites for hydroxylation is 1. The number of fused-ring (bicyclic) bond motifs is 2. The molecule has 1 aromatic carbocycles. The van der Waals surface area contributed by atoms with E-state index in [1.54, 1.807) is 12.4 Å². The van der Waals surface area contributed by atoms with E-state index in [2.05, 4.69) is 27.4 Å². The van der Waals surface area contributed by atoms with Crippen LogP contribution in [0.15, 0.2) is 41.1 Å². The average molecular weight is 414 g/mol. The van der Waals surface area contributed by atoms with E-state index in [1.165, 1.54) is 5.56 Å². The number of hydrogen-bond acceptors (Lipinski definition) is 6. The Morgan fingerprint density at radius 3 is 2.81 bits per heavy atom. The summed E-state index contributed by atoms with van der Waals surface area (Å²) in [7, 11) is 0. The van der Waals surface area contributed by atoms with Crippen LogP contribution in [0, 0.1) is 12.8 Å². The number of ether oxygens (including phenoxy) is 1. The lowest BCUT2D eigenvalue weighted by atomic mass is 9.98. The van der Waals surface area contributed by atoms with Crippen molar-refractivity contribution in [3.05, 3.63) is 47.9 Å². The van der Waals surface area contributed by atoms with Crippen molar-refractivity contribution in [2.24, 2.45) is 5.92 Å². The lowest BCUT2D eigenvalue weighted by molar-refractivity contribution is -0.117. The second-order valence-corrected chi connectivity index (χ2v) is 8.44. The van der Waals surface area contributed by atoms with Gasteiger partial charge in [0.25, 0.3) is 0 Å². The van der Waals surface area contributed by atoms with Crippen molar-refractivity contribution in [2.75, 3.05) is 18.5 Å². The number of oxazole rings is 1. The molecule has 1 saturated carbocycles. The van der Waals surface area contributed by atoms with Gasteiger partial charge in [-0.25, -0.2) is 9.97 Å². The maximum atomic E-state index is 12.2. The zero-order valence-corrected chi connectivity index (χ0v) is 17.2. The highest BCUT2D eigenvalue weighted by Crippen LogP contribution is 2.35. The summed E-state index contributed by atoms with van der Waals surface area (Å²) in [6.07, 6.45) is 6.47. The molecule has 31 heavy (non-hydrogen) atoms. The third kappa shape index (κ3) is 3.35. The third-order valence-electron chi connectivity index (χ3n) is 6.21. The van der Waals surface area contributed by atoms with Crippen LogP contribution in [0.2, 0.25) is 0 Å². The summed E-state index contributed by atoms with van der Waals surface area (Å²) in [6, 6.07) is 8.05. The van der Waals surface area contributed by atoms with Gasteiger partial charge < -0.3 is 14.5 Å². The van der Waals surface area contributed by atoms with Gasteiger partial charge in [-0.3, -0.25) is 9.78 Å². The molecule has 7 nitrogen and oxygen atoms in total. The van der Waals surface area contributed by atoms with Crippen LogP contribution in [0.5, 0.6) is 0 Å². The van der Waals surface area contributed by atoms with E-state index in [0.717, 1.165) is 65.6 Å². The first-order chi connectivity index (χ1) is 15.2. The van der Waals surface area contributed by atoms with Gasteiger partial charge >= 0.3 is 0 Å². The Morgan fingerprint density at radius 2 is 2.00 bits per heavy atom. The molecule has 4 heterocycles. The van der Waals surface area contributed by atoms with Gasteiger partial charge in [-0.2, -0.15) is 0 Å². The predicted octanol–water partition coefficient (Wildman–Crippen LogP) is 4.60. The van der Waals surface area contributed by atoms with E-state index < -0.39 is 0 Å². The molecule has 0 bridgehead atoms. The van der Waals surface area contributed by atoms with Crippen LogP contribution in [-0.4, -0.2) is 34.1 Å². The van der Waals surface area contributed by atoms with Gasteiger partial charge in [0.05, 0.1) is 12.2 Å².